The molecule has 5 rings (SSSR count). The molecule has 2 nitrogen and oxygen atoms in total. The number of phenolic OH excluding ortho intramolecular Hbond substituents is 2. The minimum atomic E-state index is -0.000324. The van der Waals surface area contributed by atoms with Crippen LogP contribution in [0.1, 0.15) is 30.4 Å². The molecule has 0 heterocycles. The second-order valence-electron chi connectivity index (χ2n) is 7.86. The first kappa shape index (κ1) is 14.2. The number of benzene rings is 2. The predicted octanol–water partition coefficient (Wildman–Crippen LogP) is 4.62. The first-order valence-electron chi connectivity index (χ1n) is 8.93. The number of rotatable bonds is 2. The van der Waals surface area contributed by atoms with Gasteiger partial charge in [0.1, 0.15) is 11.5 Å². The first-order valence-corrected chi connectivity index (χ1v) is 8.93. The minimum Gasteiger partial charge on any atom is -0.508 e. The van der Waals surface area contributed by atoms with E-state index in [0.717, 1.165) is 23.7 Å². The van der Waals surface area contributed by atoms with Gasteiger partial charge in [-0.3, -0.25) is 0 Å². The lowest BCUT2D eigenvalue weighted by atomic mass is 9.71. The van der Waals surface area contributed by atoms with Gasteiger partial charge in [-0.1, -0.05) is 36.4 Å². The van der Waals surface area contributed by atoms with E-state index in [2.05, 4.69) is 36.4 Å². The fourth-order valence-corrected chi connectivity index (χ4v) is 5.72. The topological polar surface area (TPSA) is 40.5 Å². The highest BCUT2D eigenvalue weighted by Gasteiger charge is 2.56. The van der Waals surface area contributed by atoms with Gasteiger partial charge in [0.2, 0.25) is 0 Å². The molecule has 0 aliphatic heterocycles. The molecule has 0 amide bonds. The van der Waals surface area contributed by atoms with Crippen molar-refractivity contribution in [1.82, 2.24) is 0 Å². The summed E-state index contributed by atoms with van der Waals surface area (Å²) in [5, 5.41) is 19.4. The third-order valence-electron chi connectivity index (χ3n) is 6.81. The van der Waals surface area contributed by atoms with Gasteiger partial charge in [-0.05, 0) is 78.3 Å². The van der Waals surface area contributed by atoms with Crippen molar-refractivity contribution in [2.24, 2.45) is 23.7 Å². The number of allylic oxidation sites excluding steroid dienone is 2. The van der Waals surface area contributed by atoms with E-state index in [0.29, 0.717) is 11.5 Å². The van der Waals surface area contributed by atoms with Gasteiger partial charge in [-0.2, -0.15) is 0 Å². The Kier molecular flexibility index (Phi) is 2.88. The van der Waals surface area contributed by atoms with Crippen LogP contribution in [0.15, 0.2) is 60.7 Å². The van der Waals surface area contributed by atoms with Gasteiger partial charge in [0.25, 0.3) is 0 Å². The van der Waals surface area contributed by atoms with Crippen molar-refractivity contribution in [2.45, 2.75) is 24.7 Å². The third-order valence-corrected chi connectivity index (χ3v) is 6.81. The lowest BCUT2D eigenvalue weighted by Gasteiger charge is -2.32. The molecule has 2 aromatic rings. The van der Waals surface area contributed by atoms with Crippen LogP contribution in [-0.2, 0) is 5.41 Å². The van der Waals surface area contributed by atoms with Gasteiger partial charge in [-0.15, -0.1) is 0 Å². The van der Waals surface area contributed by atoms with Gasteiger partial charge in [0.05, 0.1) is 0 Å². The summed E-state index contributed by atoms with van der Waals surface area (Å²) < 4.78 is 0. The maximum Gasteiger partial charge on any atom is 0.115 e. The van der Waals surface area contributed by atoms with E-state index >= 15 is 0 Å². The van der Waals surface area contributed by atoms with Gasteiger partial charge < -0.3 is 10.2 Å². The number of phenols is 2. The van der Waals surface area contributed by atoms with Crippen molar-refractivity contribution in [3.63, 3.8) is 0 Å². The second-order valence-corrected chi connectivity index (χ2v) is 7.86. The van der Waals surface area contributed by atoms with E-state index in [1.165, 1.54) is 30.4 Å². The molecular weight excluding hydrogens is 296 g/mol. The molecule has 122 valence electrons. The van der Waals surface area contributed by atoms with Crippen LogP contribution in [0.3, 0.4) is 0 Å². The van der Waals surface area contributed by atoms with E-state index in [9.17, 15) is 10.2 Å². The van der Waals surface area contributed by atoms with Crippen molar-refractivity contribution in [2.75, 3.05) is 0 Å². The first-order chi connectivity index (χ1) is 11.7. The lowest BCUT2D eigenvalue weighted by molar-refractivity contribution is 0.364. The normalized spacial score (nSPS) is 32.2. The van der Waals surface area contributed by atoms with Gasteiger partial charge in [0, 0.05) is 5.41 Å². The molecular formula is C22H22O2. The molecule has 3 aliphatic rings. The fourth-order valence-electron chi connectivity index (χ4n) is 5.72. The fraction of sp³-hybridized carbons (Fsp3) is 0.364. The summed E-state index contributed by atoms with van der Waals surface area (Å²) in [7, 11) is 0. The zero-order valence-corrected chi connectivity index (χ0v) is 13.6. The van der Waals surface area contributed by atoms with Crippen molar-refractivity contribution in [3.8, 4) is 11.5 Å². The van der Waals surface area contributed by atoms with Crippen molar-refractivity contribution < 1.29 is 10.2 Å². The van der Waals surface area contributed by atoms with Crippen LogP contribution in [-0.4, -0.2) is 10.2 Å². The Hall–Kier alpha value is -2.22. The summed E-state index contributed by atoms with van der Waals surface area (Å²) in [6.07, 6.45) is 8.55. The molecule has 0 saturated heterocycles. The smallest absolute Gasteiger partial charge is 0.115 e. The average molecular weight is 318 g/mol. The van der Waals surface area contributed by atoms with Crippen molar-refractivity contribution >= 4 is 0 Å². The Morgan fingerprint density at radius 2 is 1.08 bits per heavy atom. The van der Waals surface area contributed by atoms with Crippen LogP contribution < -0.4 is 0 Å². The van der Waals surface area contributed by atoms with E-state index in [1.54, 1.807) is 24.3 Å². The maximum atomic E-state index is 9.70. The molecule has 24 heavy (non-hydrogen) atoms. The van der Waals surface area contributed by atoms with Crippen LogP contribution in [0.5, 0.6) is 11.5 Å². The molecule has 4 unspecified atom stereocenters. The SMILES string of the molecule is Oc1ccc(C2(c3ccc(O)cc3)CC3C4C=CC(C4)C3C2)cc1. The Bertz CT molecular complexity index is 720. The summed E-state index contributed by atoms with van der Waals surface area (Å²) in [6, 6.07) is 15.5. The van der Waals surface area contributed by atoms with Crippen LogP contribution in [0.4, 0.5) is 0 Å². The van der Waals surface area contributed by atoms with Crippen LogP contribution >= 0.6 is 0 Å². The Morgan fingerprint density at radius 3 is 1.50 bits per heavy atom. The standard InChI is InChI=1S/C22H22O2/c23-18-7-3-16(4-8-18)22(17-5-9-19(24)10-6-17)12-20-14-1-2-15(11-14)21(20)13-22/h1-10,14-15,20-21,23-24H,11-13H2. The molecule has 0 radical (unpaired) electrons. The quantitative estimate of drug-likeness (QED) is 0.794. The molecule has 0 spiro atoms. The number of aromatic hydroxyl groups is 2. The predicted molar refractivity (Wildman–Crippen MR) is 93.9 cm³/mol. The highest BCUT2D eigenvalue weighted by molar-refractivity contribution is 5.45. The summed E-state index contributed by atoms with van der Waals surface area (Å²) in [5.74, 6) is 3.66. The minimum absolute atomic E-state index is 0.000324. The van der Waals surface area contributed by atoms with Gasteiger partial charge >= 0.3 is 0 Å². The van der Waals surface area contributed by atoms with Gasteiger partial charge in [0.15, 0.2) is 0 Å². The van der Waals surface area contributed by atoms with E-state index in [1.807, 2.05) is 0 Å². The monoisotopic (exact) mass is 318 g/mol. The van der Waals surface area contributed by atoms with Crippen molar-refractivity contribution in [1.29, 1.82) is 0 Å². The highest BCUT2D eigenvalue weighted by Crippen LogP contribution is 2.63. The zero-order chi connectivity index (χ0) is 16.3. The maximum absolute atomic E-state index is 9.70. The molecule has 4 atom stereocenters. The molecule has 2 aromatic carbocycles. The van der Waals surface area contributed by atoms with E-state index < -0.39 is 0 Å². The van der Waals surface area contributed by atoms with Crippen LogP contribution in [0.25, 0.3) is 0 Å². The number of fused-ring (bicyclic) bond motifs is 5. The molecule has 2 bridgehead atoms. The summed E-state index contributed by atoms with van der Waals surface area (Å²) >= 11 is 0. The van der Waals surface area contributed by atoms with Crippen LogP contribution in [0, 0.1) is 23.7 Å². The number of hydrogen-bond donors (Lipinski definition) is 2. The van der Waals surface area contributed by atoms with E-state index in [4.69, 9.17) is 0 Å². The van der Waals surface area contributed by atoms with E-state index in [-0.39, 0.29) is 5.41 Å². The van der Waals surface area contributed by atoms with Gasteiger partial charge in [-0.25, -0.2) is 0 Å². The largest absolute Gasteiger partial charge is 0.508 e. The Labute approximate surface area is 142 Å². The average Bonchev–Trinajstić information content (AvgIpc) is 3.28. The zero-order valence-electron chi connectivity index (χ0n) is 13.6. The molecule has 2 heteroatoms. The molecule has 2 saturated carbocycles. The lowest BCUT2D eigenvalue weighted by Crippen LogP contribution is -2.26. The molecule has 3 aliphatic carbocycles. The third kappa shape index (κ3) is 1.89. The summed E-state index contributed by atoms with van der Waals surface area (Å²) in [6.45, 7) is 0. The van der Waals surface area contributed by atoms with Crippen LogP contribution in [0.2, 0.25) is 0 Å². The molecule has 2 N–H and O–H groups in total. The molecule has 2 fully saturated rings. The Morgan fingerprint density at radius 1 is 0.667 bits per heavy atom. The Balaban J connectivity index is 1.62. The summed E-state index contributed by atoms with van der Waals surface area (Å²) in [5.41, 5.74) is 2.58. The highest BCUT2D eigenvalue weighted by atomic mass is 16.3. The van der Waals surface area contributed by atoms with Crippen molar-refractivity contribution in [3.05, 3.63) is 71.8 Å². The second kappa shape index (κ2) is 4.89. The summed E-state index contributed by atoms with van der Waals surface area (Å²) in [4.78, 5) is 0. The molecule has 0 aromatic heterocycles. The number of hydrogen-bond acceptors (Lipinski definition) is 2.